The molecule has 1 aromatic rings. The first kappa shape index (κ1) is 16.5. The van der Waals surface area contributed by atoms with Gasteiger partial charge < -0.3 is 0 Å². The lowest BCUT2D eigenvalue weighted by Gasteiger charge is -2.12. The van der Waals surface area contributed by atoms with Gasteiger partial charge in [0.25, 0.3) is 18.1 Å². The topological polar surface area (TPSA) is 68.3 Å². The van der Waals surface area contributed by atoms with Crippen molar-refractivity contribution in [1.82, 2.24) is 0 Å². The van der Waals surface area contributed by atoms with Crippen molar-refractivity contribution in [2.24, 2.45) is 0 Å². The zero-order valence-corrected chi connectivity index (χ0v) is 14.0. The van der Waals surface area contributed by atoms with Crippen molar-refractivity contribution in [2.45, 2.75) is 19.6 Å². The first-order chi connectivity index (χ1) is 8.12. The maximum atomic E-state index is 11.6. The van der Waals surface area contributed by atoms with E-state index in [0.717, 1.165) is 17.8 Å². The minimum absolute atomic E-state index is 0.277. The van der Waals surface area contributed by atoms with Gasteiger partial charge in [0.15, 0.2) is 0 Å². The molecule has 1 rings (SSSR count). The van der Waals surface area contributed by atoms with E-state index in [1.807, 2.05) is 0 Å². The van der Waals surface area contributed by atoms with Gasteiger partial charge in [-0.2, -0.15) is 0 Å². The Morgan fingerprint density at radius 3 is 1.83 bits per heavy atom. The van der Waals surface area contributed by atoms with Crippen molar-refractivity contribution in [2.75, 3.05) is 12.5 Å². The predicted molar refractivity (Wildman–Crippen MR) is 76.1 cm³/mol. The summed E-state index contributed by atoms with van der Waals surface area (Å²) in [6.07, 6.45) is 3.37. The molecular formula is C8H8Cl2O4S4. The molecule has 0 amide bonds. The van der Waals surface area contributed by atoms with Crippen LogP contribution < -0.4 is 0 Å². The van der Waals surface area contributed by atoms with E-state index in [4.69, 9.17) is 21.4 Å². The SMILES string of the molecule is CSc1ccc(S(=O)(=O)Cl)c(S(=O)(=O)Cl)c1SC. The Labute approximate surface area is 123 Å². The van der Waals surface area contributed by atoms with E-state index in [9.17, 15) is 16.8 Å². The molecule has 1 aromatic carbocycles. The van der Waals surface area contributed by atoms with Crippen molar-refractivity contribution in [3.63, 3.8) is 0 Å². The summed E-state index contributed by atoms with van der Waals surface area (Å²) in [6.45, 7) is 0. The summed E-state index contributed by atoms with van der Waals surface area (Å²) in [7, 11) is 2.13. The van der Waals surface area contributed by atoms with Crippen molar-refractivity contribution >= 4 is 63.0 Å². The molecule has 0 aliphatic rings. The lowest BCUT2D eigenvalue weighted by Crippen LogP contribution is -2.04. The molecule has 0 bridgehead atoms. The average molecular weight is 367 g/mol. The van der Waals surface area contributed by atoms with Gasteiger partial charge in [-0.15, -0.1) is 23.5 Å². The lowest BCUT2D eigenvalue weighted by molar-refractivity contribution is 0.594. The van der Waals surface area contributed by atoms with Crippen molar-refractivity contribution in [1.29, 1.82) is 0 Å². The average Bonchev–Trinajstić information content (AvgIpc) is 2.24. The number of hydrogen-bond donors (Lipinski definition) is 0. The molecule has 0 saturated carbocycles. The summed E-state index contributed by atoms with van der Waals surface area (Å²) < 4.78 is 45.9. The van der Waals surface area contributed by atoms with Crippen LogP contribution in [0.5, 0.6) is 0 Å². The van der Waals surface area contributed by atoms with E-state index in [1.54, 1.807) is 12.5 Å². The van der Waals surface area contributed by atoms with Gasteiger partial charge >= 0.3 is 0 Å². The Kier molecular flexibility index (Phi) is 5.30. The van der Waals surface area contributed by atoms with Gasteiger partial charge in [0.1, 0.15) is 9.79 Å². The van der Waals surface area contributed by atoms with Crippen LogP contribution in [0.2, 0.25) is 0 Å². The lowest BCUT2D eigenvalue weighted by atomic mass is 10.3. The van der Waals surface area contributed by atoms with Crippen LogP contribution in [-0.2, 0) is 18.1 Å². The Hall–Kier alpha value is 0.400. The highest BCUT2D eigenvalue weighted by molar-refractivity contribution is 8.16. The third-order valence-corrected chi connectivity index (χ3v) is 6.71. The number of rotatable bonds is 4. The normalized spacial score (nSPS) is 12.7. The quantitative estimate of drug-likeness (QED) is 0.602. The highest BCUT2D eigenvalue weighted by atomic mass is 35.7. The van der Waals surface area contributed by atoms with Gasteiger partial charge in [-0.05, 0) is 24.6 Å². The van der Waals surface area contributed by atoms with Crippen LogP contribution >= 0.6 is 44.9 Å². The van der Waals surface area contributed by atoms with Gasteiger partial charge in [-0.25, -0.2) is 16.8 Å². The van der Waals surface area contributed by atoms with E-state index in [1.165, 1.54) is 17.8 Å². The van der Waals surface area contributed by atoms with Gasteiger partial charge in [-0.1, -0.05) is 0 Å². The van der Waals surface area contributed by atoms with Crippen LogP contribution in [0.25, 0.3) is 0 Å². The van der Waals surface area contributed by atoms with Crippen molar-refractivity contribution in [3.8, 4) is 0 Å². The van der Waals surface area contributed by atoms with Crippen molar-refractivity contribution in [3.05, 3.63) is 12.1 Å². The van der Waals surface area contributed by atoms with E-state index < -0.39 is 27.9 Å². The number of hydrogen-bond acceptors (Lipinski definition) is 6. The molecule has 102 valence electrons. The zero-order valence-electron chi connectivity index (χ0n) is 9.18. The van der Waals surface area contributed by atoms with E-state index in [0.29, 0.717) is 4.90 Å². The number of thioether (sulfide) groups is 2. The minimum atomic E-state index is -4.22. The summed E-state index contributed by atoms with van der Waals surface area (Å²) >= 11 is 2.38. The summed E-state index contributed by atoms with van der Waals surface area (Å²) in [5.41, 5.74) is 0. The van der Waals surface area contributed by atoms with Crippen LogP contribution in [0, 0.1) is 0 Å². The fraction of sp³-hybridized carbons (Fsp3) is 0.250. The van der Waals surface area contributed by atoms with Crippen molar-refractivity contribution < 1.29 is 16.8 Å². The smallest absolute Gasteiger partial charge is 0.207 e. The number of benzene rings is 1. The van der Waals surface area contributed by atoms with E-state index in [-0.39, 0.29) is 4.90 Å². The summed E-state index contributed by atoms with van der Waals surface area (Å²) in [5, 5.41) is 0. The van der Waals surface area contributed by atoms with Crippen LogP contribution in [0.1, 0.15) is 0 Å². The third-order valence-electron chi connectivity index (χ3n) is 1.97. The minimum Gasteiger partial charge on any atom is -0.207 e. The molecule has 0 heterocycles. The Bertz CT molecular complexity index is 667. The maximum absolute atomic E-state index is 11.6. The standard InChI is InChI=1S/C8H8Cl2O4S4/c1-15-5-3-4-6(17(9,11)12)8(7(5)16-2)18(10,13)14/h3-4H,1-2H3. The Balaban J connectivity index is 3.90. The highest BCUT2D eigenvalue weighted by Gasteiger charge is 2.28. The largest absolute Gasteiger partial charge is 0.263 e. The van der Waals surface area contributed by atoms with Gasteiger partial charge in [0, 0.05) is 31.2 Å². The molecule has 0 spiro atoms. The summed E-state index contributed by atoms with van der Waals surface area (Å²) in [4.78, 5) is -0.0650. The van der Waals surface area contributed by atoms with Gasteiger partial charge in [0.2, 0.25) is 0 Å². The Morgan fingerprint density at radius 2 is 1.50 bits per heavy atom. The molecule has 0 fully saturated rings. The zero-order chi connectivity index (χ0) is 14.1. The molecule has 0 N–H and O–H groups in total. The van der Waals surface area contributed by atoms with Crippen LogP contribution in [0.15, 0.2) is 31.7 Å². The molecule has 0 aromatic heterocycles. The summed E-state index contributed by atoms with van der Waals surface area (Å²) in [5.74, 6) is 0. The van der Waals surface area contributed by atoms with E-state index >= 15 is 0 Å². The first-order valence-corrected chi connectivity index (χ1v) is 11.3. The second kappa shape index (κ2) is 5.80. The monoisotopic (exact) mass is 366 g/mol. The molecule has 0 unspecified atom stereocenters. The third kappa shape index (κ3) is 3.49. The molecule has 0 atom stereocenters. The van der Waals surface area contributed by atoms with Gasteiger partial charge in [0.05, 0.1) is 0 Å². The molecule has 0 saturated heterocycles. The molecule has 10 heteroatoms. The fourth-order valence-corrected chi connectivity index (χ4v) is 6.70. The van der Waals surface area contributed by atoms with Crippen LogP contribution in [0.3, 0.4) is 0 Å². The Morgan fingerprint density at radius 1 is 0.944 bits per heavy atom. The first-order valence-electron chi connectivity index (χ1n) is 4.27. The molecule has 0 radical (unpaired) electrons. The second-order valence-electron chi connectivity index (χ2n) is 3.00. The molecule has 18 heavy (non-hydrogen) atoms. The summed E-state index contributed by atoms with van der Waals surface area (Å²) in [6, 6.07) is 2.64. The maximum Gasteiger partial charge on any atom is 0.263 e. The van der Waals surface area contributed by atoms with Crippen LogP contribution in [0.4, 0.5) is 0 Å². The molecule has 4 nitrogen and oxygen atoms in total. The molecule has 0 aliphatic carbocycles. The van der Waals surface area contributed by atoms with Crippen LogP contribution in [-0.4, -0.2) is 29.3 Å². The number of halogens is 2. The molecule has 0 aliphatic heterocycles. The second-order valence-corrected chi connectivity index (χ2v) is 9.71. The highest BCUT2D eigenvalue weighted by Crippen LogP contribution is 2.40. The molecular weight excluding hydrogens is 359 g/mol. The predicted octanol–water partition coefficient (Wildman–Crippen LogP) is 2.99. The van der Waals surface area contributed by atoms with E-state index in [2.05, 4.69) is 0 Å². The fourth-order valence-electron chi connectivity index (χ4n) is 1.30. The van der Waals surface area contributed by atoms with Gasteiger partial charge in [-0.3, -0.25) is 0 Å².